The molecule has 0 aliphatic rings. The van der Waals surface area contributed by atoms with Gasteiger partial charge in [0.15, 0.2) is 0 Å². The molecule has 6 nitrogen and oxygen atoms in total. The molecule has 21 heavy (non-hydrogen) atoms. The van der Waals surface area contributed by atoms with Gasteiger partial charge < -0.3 is 4.74 Å². The van der Waals surface area contributed by atoms with Crippen LogP contribution in [0, 0.1) is 0 Å². The zero-order chi connectivity index (χ0) is 15.3. The van der Waals surface area contributed by atoms with Gasteiger partial charge in [0.05, 0.1) is 36.2 Å². The lowest BCUT2D eigenvalue weighted by atomic mass is 10.2. The highest BCUT2D eigenvalue weighted by atomic mass is 32.2. The Morgan fingerprint density at radius 1 is 1.33 bits per heavy atom. The molecule has 0 saturated heterocycles. The largest absolute Gasteiger partial charge is 0.469 e. The molecule has 0 spiro atoms. The van der Waals surface area contributed by atoms with Gasteiger partial charge in [-0.2, -0.15) is 0 Å². The van der Waals surface area contributed by atoms with Crippen LogP contribution in [-0.2, 0) is 32.5 Å². The summed E-state index contributed by atoms with van der Waals surface area (Å²) >= 11 is 1.41. The predicted octanol–water partition coefficient (Wildman–Crippen LogP) is 1.34. The molecule has 0 radical (unpaired) electrons. The number of carbonyl (C=O) groups excluding carboxylic acids is 1. The summed E-state index contributed by atoms with van der Waals surface area (Å²) in [6, 6.07) is 6.10. The fourth-order valence-corrected chi connectivity index (χ4v) is 3.16. The van der Waals surface area contributed by atoms with Gasteiger partial charge >= 0.3 is 5.97 Å². The molecule has 1 heterocycles. The second-order valence-electron chi connectivity index (χ2n) is 4.20. The summed E-state index contributed by atoms with van der Waals surface area (Å²) in [5, 5.41) is 1.78. The number of nitrogens with zero attached hydrogens (tertiary/aromatic N) is 1. The number of sulfonamides is 1. The molecule has 0 amide bonds. The van der Waals surface area contributed by atoms with Gasteiger partial charge in [-0.25, -0.2) is 18.1 Å². The van der Waals surface area contributed by atoms with E-state index < -0.39 is 10.0 Å². The van der Waals surface area contributed by atoms with E-state index in [0.29, 0.717) is 11.3 Å². The number of rotatable bonds is 6. The van der Waals surface area contributed by atoms with Crippen molar-refractivity contribution in [2.24, 2.45) is 0 Å². The van der Waals surface area contributed by atoms with E-state index in [9.17, 15) is 13.2 Å². The molecule has 2 rings (SSSR count). The fourth-order valence-electron chi connectivity index (χ4n) is 1.60. The zero-order valence-electron chi connectivity index (χ0n) is 11.3. The van der Waals surface area contributed by atoms with Crippen molar-refractivity contribution in [1.82, 2.24) is 9.71 Å². The minimum Gasteiger partial charge on any atom is -0.469 e. The lowest BCUT2D eigenvalue weighted by molar-refractivity contribution is -0.139. The van der Waals surface area contributed by atoms with Crippen molar-refractivity contribution in [3.05, 3.63) is 46.4 Å². The van der Waals surface area contributed by atoms with Crippen molar-refractivity contribution < 1.29 is 17.9 Å². The maximum atomic E-state index is 12.1. The normalized spacial score (nSPS) is 11.3. The van der Waals surface area contributed by atoms with E-state index >= 15 is 0 Å². The first kappa shape index (κ1) is 15.6. The molecule has 0 aliphatic heterocycles. The van der Waals surface area contributed by atoms with Gasteiger partial charge in [-0.05, 0) is 17.7 Å². The highest BCUT2D eigenvalue weighted by molar-refractivity contribution is 7.89. The molecule has 112 valence electrons. The summed E-state index contributed by atoms with van der Waals surface area (Å²) in [5.74, 6) is -0.368. The monoisotopic (exact) mass is 326 g/mol. The number of nitrogens with one attached hydrogen (secondary N) is 1. The van der Waals surface area contributed by atoms with E-state index in [1.165, 1.54) is 30.6 Å². The summed E-state index contributed by atoms with van der Waals surface area (Å²) < 4.78 is 31.2. The molecule has 2 aromatic rings. The van der Waals surface area contributed by atoms with Crippen molar-refractivity contribution in [3.8, 4) is 0 Å². The van der Waals surface area contributed by atoms with Gasteiger partial charge in [0.25, 0.3) is 0 Å². The summed E-state index contributed by atoms with van der Waals surface area (Å²) in [4.78, 5) is 15.3. The van der Waals surface area contributed by atoms with Crippen LogP contribution in [-0.4, -0.2) is 26.5 Å². The number of carbonyl (C=O) groups is 1. The van der Waals surface area contributed by atoms with Gasteiger partial charge in [0.1, 0.15) is 0 Å². The number of ether oxygens (including phenoxy) is 1. The van der Waals surface area contributed by atoms with Gasteiger partial charge in [-0.1, -0.05) is 12.1 Å². The van der Waals surface area contributed by atoms with Crippen LogP contribution in [0.15, 0.2) is 40.1 Å². The van der Waals surface area contributed by atoms with Gasteiger partial charge in [-0.3, -0.25) is 4.79 Å². The van der Waals surface area contributed by atoms with Crippen LogP contribution in [0.3, 0.4) is 0 Å². The predicted molar refractivity (Wildman–Crippen MR) is 78.3 cm³/mol. The van der Waals surface area contributed by atoms with E-state index in [1.807, 2.05) is 0 Å². The SMILES string of the molecule is COC(=O)Cc1ccc(S(=O)(=O)NCc2cscn2)cc1. The number of hydrogen-bond donors (Lipinski definition) is 1. The second-order valence-corrected chi connectivity index (χ2v) is 6.69. The van der Waals surface area contributed by atoms with Gasteiger partial charge in [-0.15, -0.1) is 11.3 Å². The van der Waals surface area contributed by atoms with E-state index in [4.69, 9.17) is 0 Å². The molecule has 0 aliphatic carbocycles. The van der Waals surface area contributed by atoms with Crippen molar-refractivity contribution in [1.29, 1.82) is 0 Å². The number of benzene rings is 1. The molecule has 8 heteroatoms. The number of thiazole rings is 1. The van der Waals surface area contributed by atoms with Crippen LogP contribution < -0.4 is 4.72 Å². The third-order valence-corrected chi connectivity index (χ3v) is 4.79. The molecule has 0 atom stereocenters. The Kier molecular flexibility index (Phi) is 5.05. The Balaban J connectivity index is 2.04. The summed E-state index contributed by atoms with van der Waals surface area (Å²) in [7, 11) is -2.28. The lowest BCUT2D eigenvalue weighted by Crippen LogP contribution is -2.23. The van der Waals surface area contributed by atoms with Gasteiger partial charge in [0, 0.05) is 5.38 Å². The molecule has 0 saturated carbocycles. The molecule has 0 fully saturated rings. The zero-order valence-corrected chi connectivity index (χ0v) is 12.9. The highest BCUT2D eigenvalue weighted by Gasteiger charge is 2.14. The van der Waals surface area contributed by atoms with Crippen molar-refractivity contribution in [3.63, 3.8) is 0 Å². The minimum atomic E-state index is -3.59. The summed E-state index contributed by atoms with van der Waals surface area (Å²) in [6.07, 6.45) is 0.114. The maximum Gasteiger partial charge on any atom is 0.309 e. The minimum absolute atomic E-state index is 0.114. The van der Waals surface area contributed by atoms with E-state index in [2.05, 4.69) is 14.4 Å². The highest BCUT2D eigenvalue weighted by Crippen LogP contribution is 2.12. The van der Waals surface area contributed by atoms with Crippen LogP contribution in [0.5, 0.6) is 0 Å². The van der Waals surface area contributed by atoms with Crippen LogP contribution in [0.4, 0.5) is 0 Å². The average molecular weight is 326 g/mol. The Labute approximate surface area is 126 Å². The molecule has 0 unspecified atom stereocenters. The third-order valence-electron chi connectivity index (χ3n) is 2.74. The third kappa shape index (κ3) is 4.35. The molecule has 1 N–H and O–H groups in total. The van der Waals surface area contributed by atoms with Crippen molar-refractivity contribution in [2.45, 2.75) is 17.9 Å². The topological polar surface area (TPSA) is 85.4 Å². The van der Waals surface area contributed by atoms with Crippen LogP contribution in [0.1, 0.15) is 11.3 Å². The van der Waals surface area contributed by atoms with E-state index in [0.717, 1.165) is 0 Å². The molecule has 1 aromatic carbocycles. The van der Waals surface area contributed by atoms with E-state index in [-0.39, 0.29) is 23.8 Å². The number of methoxy groups -OCH3 is 1. The first-order valence-corrected chi connectivity index (χ1v) is 8.46. The number of aromatic nitrogens is 1. The first-order valence-electron chi connectivity index (χ1n) is 6.04. The van der Waals surface area contributed by atoms with E-state index in [1.54, 1.807) is 23.0 Å². The number of esters is 1. The number of hydrogen-bond acceptors (Lipinski definition) is 6. The van der Waals surface area contributed by atoms with Crippen LogP contribution in [0.2, 0.25) is 0 Å². The molecular weight excluding hydrogens is 312 g/mol. The van der Waals surface area contributed by atoms with Crippen molar-refractivity contribution >= 4 is 27.3 Å². The van der Waals surface area contributed by atoms with Crippen LogP contribution in [0.25, 0.3) is 0 Å². The fraction of sp³-hybridized carbons (Fsp3) is 0.231. The maximum absolute atomic E-state index is 12.1. The van der Waals surface area contributed by atoms with Crippen molar-refractivity contribution in [2.75, 3.05) is 7.11 Å². The van der Waals surface area contributed by atoms with Crippen LogP contribution >= 0.6 is 11.3 Å². The van der Waals surface area contributed by atoms with Gasteiger partial charge in [0.2, 0.25) is 10.0 Å². The quantitative estimate of drug-likeness (QED) is 0.810. The molecule has 1 aromatic heterocycles. The average Bonchev–Trinajstić information content (AvgIpc) is 2.99. The standard InChI is InChI=1S/C13H14N2O4S2/c1-19-13(16)6-10-2-4-12(5-3-10)21(17,18)15-7-11-8-20-9-14-11/h2-5,8-9,15H,6-7H2,1H3. The Morgan fingerprint density at radius 2 is 2.05 bits per heavy atom. The summed E-state index contributed by atoms with van der Waals surface area (Å²) in [6.45, 7) is 0.149. The molecular formula is C13H14N2O4S2. The smallest absolute Gasteiger partial charge is 0.309 e. The second kappa shape index (κ2) is 6.79. The lowest BCUT2D eigenvalue weighted by Gasteiger charge is -2.06. The Bertz CT molecular complexity index is 694. The Hall–Kier alpha value is -1.77. The Morgan fingerprint density at radius 3 is 2.62 bits per heavy atom. The first-order chi connectivity index (χ1) is 10.0. The molecule has 0 bridgehead atoms. The summed E-state index contributed by atoms with van der Waals surface area (Å²) in [5.41, 5.74) is 3.01.